The Morgan fingerprint density at radius 2 is 0.954 bits per heavy atom. The maximum atomic E-state index is 7.34. The quantitative estimate of drug-likeness (QED) is 0.0587. The normalized spacial score (nSPS) is 28.8. The molecule has 11 heteroatoms. The van der Waals surface area contributed by atoms with E-state index in [1.807, 2.05) is 159 Å². The van der Waals surface area contributed by atoms with Gasteiger partial charge in [-0.2, -0.15) is 0 Å². The van der Waals surface area contributed by atoms with Crippen molar-refractivity contribution in [2.45, 2.75) is 140 Å². The van der Waals surface area contributed by atoms with E-state index in [2.05, 4.69) is 6.92 Å². The van der Waals surface area contributed by atoms with Gasteiger partial charge in [0.15, 0.2) is 12.6 Å². The van der Waals surface area contributed by atoms with Crippen LogP contribution in [0.5, 0.6) is 0 Å². The Labute approximate surface area is 384 Å². The first-order valence-electron chi connectivity index (χ1n) is 23.1. The molecule has 0 aromatic heterocycles. The fourth-order valence-electron chi connectivity index (χ4n) is 8.52. The lowest BCUT2D eigenvalue weighted by Crippen LogP contribution is -2.65. The summed E-state index contributed by atoms with van der Waals surface area (Å²) in [5.41, 5.74) is 5.04. The van der Waals surface area contributed by atoms with Crippen LogP contribution in [0.25, 0.3) is 0 Å². The second kappa shape index (κ2) is 23.9. The highest BCUT2D eigenvalue weighted by molar-refractivity contribution is 5.17. The summed E-state index contributed by atoms with van der Waals surface area (Å²) in [7, 11) is 0. The van der Waals surface area contributed by atoms with E-state index in [4.69, 9.17) is 52.1 Å². The Morgan fingerprint density at radius 1 is 0.492 bits per heavy atom. The van der Waals surface area contributed by atoms with Crippen molar-refractivity contribution >= 4 is 0 Å². The zero-order valence-electron chi connectivity index (χ0n) is 37.8. The van der Waals surface area contributed by atoms with Crippen molar-refractivity contribution in [3.63, 3.8) is 0 Å². The van der Waals surface area contributed by atoms with Crippen molar-refractivity contribution in [2.75, 3.05) is 13.2 Å². The summed E-state index contributed by atoms with van der Waals surface area (Å²) in [4.78, 5) is 0. The van der Waals surface area contributed by atoms with E-state index in [9.17, 15) is 0 Å². The van der Waals surface area contributed by atoms with Crippen LogP contribution in [0.4, 0.5) is 0 Å². The van der Waals surface area contributed by atoms with E-state index in [1.54, 1.807) is 6.92 Å². The summed E-state index contributed by atoms with van der Waals surface area (Å²) in [6, 6.07) is 50.4. The van der Waals surface area contributed by atoms with Gasteiger partial charge in [-0.3, -0.25) is 4.74 Å². The minimum absolute atomic E-state index is 0.179. The molecule has 1 unspecified atom stereocenters. The number of unbranched alkanes of at least 4 members (excludes halogenated alkanes) is 2. The number of hydrogen-bond donors (Lipinski definition) is 0. The third kappa shape index (κ3) is 13.2. The number of benzene rings is 5. The van der Waals surface area contributed by atoms with Crippen molar-refractivity contribution < 1.29 is 52.1 Å². The molecule has 346 valence electrons. The van der Waals surface area contributed by atoms with Crippen LogP contribution < -0.4 is 0 Å². The molecule has 11 nitrogen and oxygen atoms in total. The molecule has 8 rings (SSSR count). The lowest BCUT2D eigenvalue weighted by molar-refractivity contribution is -0.361. The highest BCUT2D eigenvalue weighted by Gasteiger charge is 2.59. The Balaban J connectivity index is 1.15. The second-order valence-corrected chi connectivity index (χ2v) is 17.0. The molecule has 11 atom stereocenters. The summed E-state index contributed by atoms with van der Waals surface area (Å²) in [5.74, 6) is -1.37. The molecule has 5 aromatic rings. The van der Waals surface area contributed by atoms with Gasteiger partial charge in [0.05, 0.1) is 52.4 Å². The fraction of sp³-hybridized carbons (Fsp3) is 0.444. The highest BCUT2D eigenvalue weighted by atomic mass is 16.9. The second-order valence-electron chi connectivity index (χ2n) is 17.0. The summed E-state index contributed by atoms with van der Waals surface area (Å²) in [6.45, 7) is 8.10. The Bertz CT molecular complexity index is 2080. The van der Waals surface area contributed by atoms with Crippen LogP contribution in [0.1, 0.15) is 67.9 Å². The number of fused-ring (bicyclic) bond motifs is 1. The minimum atomic E-state index is -1.37. The molecule has 3 aliphatic heterocycles. The molecular formula is C54H64O11. The van der Waals surface area contributed by atoms with Gasteiger partial charge >= 0.3 is 0 Å². The predicted octanol–water partition coefficient (Wildman–Crippen LogP) is 9.70. The van der Waals surface area contributed by atoms with Crippen LogP contribution in [0.15, 0.2) is 152 Å². The number of rotatable bonds is 23. The van der Waals surface area contributed by atoms with Crippen LogP contribution >= 0.6 is 0 Å². The maximum absolute atomic E-state index is 7.34. The summed E-state index contributed by atoms with van der Waals surface area (Å²) in [6.07, 6.45) is -4.32. The first kappa shape index (κ1) is 47.2. The van der Waals surface area contributed by atoms with Crippen LogP contribution in [0, 0.1) is 0 Å². The molecule has 0 spiro atoms. The lowest BCUT2D eigenvalue weighted by Gasteiger charge is -2.48. The molecule has 0 aliphatic carbocycles. The Morgan fingerprint density at radius 3 is 1.46 bits per heavy atom. The van der Waals surface area contributed by atoms with Gasteiger partial charge in [-0.05, 0) is 41.2 Å². The monoisotopic (exact) mass is 888 g/mol. The number of ether oxygens (including phenoxy) is 11. The van der Waals surface area contributed by atoms with Crippen molar-refractivity contribution in [3.05, 3.63) is 179 Å². The fourth-order valence-corrected chi connectivity index (χ4v) is 8.52. The Hall–Kier alpha value is -4.34. The first-order chi connectivity index (χ1) is 31.9. The van der Waals surface area contributed by atoms with Gasteiger partial charge in [-0.25, -0.2) is 0 Å². The summed E-state index contributed by atoms with van der Waals surface area (Å²) < 4.78 is 74.6. The zero-order chi connectivity index (χ0) is 44.7. The molecule has 0 amide bonds. The van der Waals surface area contributed by atoms with Crippen molar-refractivity contribution in [1.82, 2.24) is 0 Å². The minimum Gasteiger partial charge on any atom is -0.374 e. The van der Waals surface area contributed by atoms with E-state index in [0.29, 0.717) is 33.0 Å². The van der Waals surface area contributed by atoms with E-state index in [0.717, 1.165) is 47.1 Å². The van der Waals surface area contributed by atoms with E-state index in [-0.39, 0.29) is 13.2 Å². The van der Waals surface area contributed by atoms with Gasteiger partial charge in [0.25, 0.3) is 5.97 Å². The predicted molar refractivity (Wildman–Crippen MR) is 244 cm³/mol. The van der Waals surface area contributed by atoms with Gasteiger partial charge in [0.1, 0.15) is 42.7 Å². The van der Waals surface area contributed by atoms with Gasteiger partial charge < -0.3 is 47.4 Å². The molecule has 0 radical (unpaired) electrons. The van der Waals surface area contributed by atoms with E-state index < -0.39 is 67.4 Å². The van der Waals surface area contributed by atoms with Gasteiger partial charge in [0, 0.05) is 6.92 Å². The van der Waals surface area contributed by atoms with E-state index >= 15 is 0 Å². The largest absolute Gasteiger partial charge is 0.374 e. The average molecular weight is 889 g/mol. The highest BCUT2D eigenvalue weighted by Crippen LogP contribution is 2.42. The molecule has 0 saturated carbocycles. The Kier molecular flexibility index (Phi) is 17.3. The third-order valence-corrected chi connectivity index (χ3v) is 11.9. The summed E-state index contributed by atoms with van der Waals surface area (Å²) in [5, 5.41) is 0. The first-order valence-corrected chi connectivity index (χ1v) is 23.1. The number of hydrogen-bond acceptors (Lipinski definition) is 11. The van der Waals surface area contributed by atoms with E-state index in [1.165, 1.54) is 0 Å². The molecule has 5 aromatic carbocycles. The molecule has 3 aliphatic rings. The van der Waals surface area contributed by atoms with Crippen molar-refractivity contribution in [3.8, 4) is 0 Å². The van der Waals surface area contributed by atoms with Crippen LogP contribution in [-0.2, 0) is 85.1 Å². The molecule has 0 N–H and O–H groups in total. The summed E-state index contributed by atoms with van der Waals surface area (Å²) >= 11 is 0. The van der Waals surface area contributed by atoms with Gasteiger partial charge in [0.2, 0.25) is 0 Å². The molecule has 3 heterocycles. The van der Waals surface area contributed by atoms with Crippen LogP contribution in [0.3, 0.4) is 0 Å². The molecule has 0 bridgehead atoms. The van der Waals surface area contributed by atoms with Crippen molar-refractivity contribution in [1.29, 1.82) is 0 Å². The van der Waals surface area contributed by atoms with Gasteiger partial charge in [-0.1, -0.05) is 171 Å². The van der Waals surface area contributed by atoms with Gasteiger partial charge in [-0.15, -0.1) is 0 Å². The van der Waals surface area contributed by atoms with Crippen LogP contribution in [-0.4, -0.2) is 80.6 Å². The lowest BCUT2D eigenvalue weighted by atomic mass is 9.96. The van der Waals surface area contributed by atoms with Crippen LogP contribution in [0.2, 0.25) is 0 Å². The zero-order valence-corrected chi connectivity index (χ0v) is 37.8. The molecular weight excluding hydrogens is 825 g/mol. The standard InChI is InChI=1S/C54H64O11/c1-4-5-21-32-60-54(3)64-51-49(46(39(2)61-53(51)65-54)56-34-41-24-13-7-14-25-41)63-52-50(59-37-44-30-19-10-20-31-44)48(58-36-43-28-17-9-18-29-43)47(57-35-42-26-15-8-16-27-42)45(62-52)38-55-33-40-22-11-6-12-23-40/h6-20,22-31,39,45-53H,4-5,21,32-38H2,1-3H3/t39-,45+,46-,47+,48-,49+,50+,51+,52+,53+,54?/m0/s1. The smallest absolute Gasteiger partial charge is 0.282 e. The topological polar surface area (TPSA) is 102 Å². The SMILES string of the molecule is CCCCCOC1(C)O[C@H]2O[C@@H](C)[C@H](OCc3ccccc3)[C@@H](O[C@H]3O[C@H](COCc4ccccc4)[C@@H](OCc4ccccc4)[C@H](OCc4ccccc4)[C@H]3OCc3ccccc3)[C@H]2O1. The average Bonchev–Trinajstić information content (AvgIpc) is 3.68. The molecule has 3 saturated heterocycles. The third-order valence-electron chi connectivity index (χ3n) is 11.9. The van der Waals surface area contributed by atoms with Crippen molar-refractivity contribution in [2.24, 2.45) is 0 Å². The maximum Gasteiger partial charge on any atom is 0.282 e. The molecule has 65 heavy (non-hydrogen) atoms. The molecule has 3 fully saturated rings.